The molecule has 2 unspecified atom stereocenters. The van der Waals surface area contributed by atoms with E-state index < -0.39 is 0 Å². The van der Waals surface area contributed by atoms with Crippen LogP contribution in [-0.2, 0) is 0 Å². The highest BCUT2D eigenvalue weighted by molar-refractivity contribution is 6.00. The first-order valence-corrected chi connectivity index (χ1v) is 7.24. The van der Waals surface area contributed by atoms with Crippen LogP contribution in [0.15, 0.2) is 18.2 Å². The van der Waals surface area contributed by atoms with E-state index in [1.54, 1.807) is 12.1 Å². The predicted octanol–water partition coefficient (Wildman–Crippen LogP) is 3.80. The molecule has 2 fully saturated rings. The first kappa shape index (κ1) is 12.6. The molecule has 1 saturated heterocycles. The summed E-state index contributed by atoms with van der Waals surface area (Å²) >= 11 is 0. The number of carbonyl (C=O) groups is 1. The fourth-order valence-corrected chi connectivity index (χ4v) is 3.82. The van der Waals surface area contributed by atoms with E-state index in [1.807, 2.05) is 0 Å². The molecule has 1 heterocycles. The van der Waals surface area contributed by atoms with Crippen molar-refractivity contribution in [3.63, 3.8) is 0 Å². The lowest BCUT2D eigenvalue weighted by atomic mass is 9.90. The summed E-state index contributed by atoms with van der Waals surface area (Å²) in [5, 5.41) is 0. The Morgan fingerprint density at radius 2 is 2.05 bits per heavy atom. The van der Waals surface area contributed by atoms with Gasteiger partial charge in [0, 0.05) is 18.2 Å². The van der Waals surface area contributed by atoms with Gasteiger partial charge in [0.25, 0.3) is 0 Å². The van der Waals surface area contributed by atoms with Crippen LogP contribution in [0.5, 0.6) is 0 Å². The van der Waals surface area contributed by atoms with Gasteiger partial charge in [-0.15, -0.1) is 0 Å². The van der Waals surface area contributed by atoms with E-state index in [-0.39, 0.29) is 11.6 Å². The highest BCUT2D eigenvalue weighted by Gasteiger charge is 2.37. The van der Waals surface area contributed by atoms with Crippen molar-refractivity contribution in [3.8, 4) is 0 Å². The number of anilines is 1. The molecule has 0 bridgehead atoms. The number of hydrogen-bond acceptors (Lipinski definition) is 2. The Labute approximate surface area is 113 Å². The standard InChI is InChI=1S/C16H20FNO/c1-11(19)13-7-3-8-14(17)16(13)18-10-4-6-12-5-2-9-15(12)18/h3,7-8,12,15H,2,4-6,9-10H2,1H3. The van der Waals surface area contributed by atoms with Crippen molar-refractivity contribution in [1.29, 1.82) is 0 Å². The molecule has 2 atom stereocenters. The predicted molar refractivity (Wildman–Crippen MR) is 74.1 cm³/mol. The maximum absolute atomic E-state index is 14.3. The molecule has 0 aromatic heterocycles. The number of para-hydroxylation sites is 1. The Hall–Kier alpha value is -1.38. The third-order valence-corrected chi connectivity index (χ3v) is 4.65. The number of nitrogens with zero attached hydrogens (tertiary/aromatic N) is 1. The molecule has 1 aromatic rings. The summed E-state index contributed by atoms with van der Waals surface area (Å²) in [5.41, 5.74) is 1.08. The van der Waals surface area contributed by atoms with Crippen molar-refractivity contribution in [2.45, 2.75) is 45.1 Å². The topological polar surface area (TPSA) is 20.3 Å². The van der Waals surface area contributed by atoms with Crippen LogP contribution in [0.25, 0.3) is 0 Å². The molecule has 0 radical (unpaired) electrons. The second kappa shape index (κ2) is 4.95. The van der Waals surface area contributed by atoms with Gasteiger partial charge in [0.1, 0.15) is 5.82 Å². The summed E-state index contributed by atoms with van der Waals surface area (Å²) in [6.07, 6.45) is 5.98. The van der Waals surface area contributed by atoms with E-state index in [9.17, 15) is 9.18 Å². The minimum Gasteiger partial charge on any atom is -0.365 e. The zero-order chi connectivity index (χ0) is 13.4. The van der Waals surface area contributed by atoms with Crippen LogP contribution in [0.4, 0.5) is 10.1 Å². The van der Waals surface area contributed by atoms with Gasteiger partial charge in [-0.1, -0.05) is 12.5 Å². The van der Waals surface area contributed by atoms with Gasteiger partial charge in [0.05, 0.1) is 5.69 Å². The monoisotopic (exact) mass is 261 g/mol. The van der Waals surface area contributed by atoms with Gasteiger partial charge in [0.15, 0.2) is 5.78 Å². The Bertz CT molecular complexity index is 500. The molecule has 0 spiro atoms. The average Bonchev–Trinajstić information content (AvgIpc) is 2.86. The molecule has 102 valence electrons. The molecule has 1 aromatic carbocycles. The maximum Gasteiger partial charge on any atom is 0.161 e. The van der Waals surface area contributed by atoms with Crippen molar-refractivity contribution in [3.05, 3.63) is 29.6 Å². The molecule has 19 heavy (non-hydrogen) atoms. The number of Topliss-reactive ketones (excluding diaryl/α,β-unsaturated/α-hetero) is 1. The average molecular weight is 261 g/mol. The van der Waals surface area contributed by atoms with Gasteiger partial charge in [-0.2, -0.15) is 0 Å². The van der Waals surface area contributed by atoms with Gasteiger partial charge < -0.3 is 4.90 Å². The van der Waals surface area contributed by atoms with Crippen LogP contribution in [-0.4, -0.2) is 18.4 Å². The molecule has 1 aliphatic carbocycles. The molecule has 3 heteroatoms. The summed E-state index contributed by atoms with van der Waals surface area (Å²) in [6, 6.07) is 5.29. The molecule has 0 N–H and O–H groups in total. The van der Waals surface area contributed by atoms with Crippen molar-refractivity contribution < 1.29 is 9.18 Å². The molecule has 0 amide bonds. The lowest BCUT2D eigenvalue weighted by Crippen LogP contribution is -2.43. The van der Waals surface area contributed by atoms with Crippen molar-refractivity contribution in [2.24, 2.45) is 5.92 Å². The van der Waals surface area contributed by atoms with Gasteiger partial charge in [-0.3, -0.25) is 4.79 Å². The minimum absolute atomic E-state index is 0.0466. The third-order valence-electron chi connectivity index (χ3n) is 4.65. The highest BCUT2D eigenvalue weighted by Crippen LogP contribution is 2.40. The summed E-state index contributed by atoms with van der Waals surface area (Å²) in [7, 11) is 0. The van der Waals surface area contributed by atoms with Crippen LogP contribution >= 0.6 is 0 Å². The van der Waals surface area contributed by atoms with Crippen LogP contribution in [0.3, 0.4) is 0 Å². The number of benzene rings is 1. The fourth-order valence-electron chi connectivity index (χ4n) is 3.82. The first-order chi connectivity index (χ1) is 9.18. The van der Waals surface area contributed by atoms with Gasteiger partial charge in [0.2, 0.25) is 0 Å². The summed E-state index contributed by atoms with van der Waals surface area (Å²) < 4.78 is 14.3. The van der Waals surface area contributed by atoms with Crippen molar-refractivity contribution in [1.82, 2.24) is 0 Å². The number of ketones is 1. The van der Waals surface area contributed by atoms with Crippen LogP contribution in [0, 0.1) is 11.7 Å². The molecule has 1 saturated carbocycles. The molecular formula is C16H20FNO. The zero-order valence-corrected chi connectivity index (χ0v) is 11.4. The summed E-state index contributed by atoms with van der Waals surface area (Å²) in [6.45, 7) is 2.40. The first-order valence-electron chi connectivity index (χ1n) is 7.24. The Kier molecular flexibility index (Phi) is 3.29. The van der Waals surface area contributed by atoms with Crippen LogP contribution < -0.4 is 4.90 Å². The molecule has 3 rings (SSSR count). The van der Waals surface area contributed by atoms with E-state index >= 15 is 0 Å². The maximum atomic E-state index is 14.3. The van der Waals surface area contributed by atoms with E-state index in [2.05, 4.69) is 4.90 Å². The van der Waals surface area contributed by atoms with E-state index in [0.717, 1.165) is 19.4 Å². The number of piperidine rings is 1. The number of halogens is 1. The summed E-state index contributed by atoms with van der Waals surface area (Å²) in [4.78, 5) is 13.9. The molecular weight excluding hydrogens is 241 g/mol. The largest absolute Gasteiger partial charge is 0.365 e. The number of rotatable bonds is 2. The van der Waals surface area contributed by atoms with Crippen molar-refractivity contribution >= 4 is 11.5 Å². The normalized spacial score (nSPS) is 26.3. The molecule has 2 nitrogen and oxygen atoms in total. The minimum atomic E-state index is -0.250. The highest BCUT2D eigenvalue weighted by atomic mass is 19.1. The van der Waals surface area contributed by atoms with Gasteiger partial charge >= 0.3 is 0 Å². The molecule has 1 aliphatic heterocycles. The quantitative estimate of drug-likeness (QED) is 0.755. The van der Waals surface area contributed by atoms with Crippen molar-refractivity contribution in [2.75, 3.05) is 11.4 Å². The second-order valence-electron chi connectivity index (χ2n) is 5.79. The third kappa shape index (κ3) is 2.15. The van der Waals surface area contributed by atoms with Gasteiger partial charge in [-0.25, -0.2) is 4.39 Å². The zero-order valence-electron chi connectivity index (χ0n) is 11.4. The number of hydrogen-bond donors (Lipinski definition) is 0. The van der Waals surface area contributed by atoms with E-state index in [0.29, 0.717) is 23.2 Å². The Morgan fingerprint density at radius 1 is 1.26 bits per heavy atom. The number of carbonyl (C=O) groups excluding carboxylic acids is 1. The lowest BCUT2D eigenvalue weighted by molar-refractivity contribution is 0.101. The smallest absolute Gasteiger partial charge is 0.161 e. The van der Waals surface area contributed by atoms with E-state index in [4.69, 9.17) is 0 Å². The van der Waals surface area contributed by atoms with E-state index in [1.165, 1.54) is 32.3 Å². The van der Waals surface area contributed by atoms with Crippen LogP contribution in [0.2, 0.25) is 0 Å². The fraction of sp³-hybridized carbons (Fsp3) is 0.562. The Balaban J connectivity index is 2.03. The van der Waals surface area contributed by atoms with Gasteiger partial charge in [-0.05, 0) is 50.7 Å². The van der Waals surface area contributed by atoms with Crippen LogP contribution in [0.1, 0.15) is 49.4 Å². The number of fused-ring (bicyclic) bond motifs is 1. The SMILES string of the molecule is CC(=O)c1cccc(F)c1N1CCCC2CCCC21. The Morgan fingerprint density at radius 3 is 2.84 bits per heavy atom. The summed E-state index contributed by atoms with van der Waals surface area (Å²) in [5.74, 6) is 0.392. The molecule has 2 aliphatic rings. The second-order valence-corrected chi connectivity index (χ2v) is 5.79. The lowest BCUT2D eigenvalue weighted by Gasteiger charge is -2.40.